The molecular formula is C23H23N3O4. The van der Waals surface area contributed by atoms with Gasteiger partial charge in [-0.25, -0.2) is 4.79 Å². The maximum atomic E-state index is 13.4. The summed E-state index contributed by atoms with van der Waals surface area (Å²) in [5, 5.41) is 10.9. The van der Waals surface area contributed by atoms with Gasteiger partial charge in [-0.05, 0) is 18.2 Å². The van der Waals surface area contributed by atoms with Crippen LogP contribution in [0.5, 0.6) is 0 Å². The van der Waals surface area contributed by atoms with Crippen molar-refractivity contribution in [2.24, 2.45) is 0 Å². The Labute approximate surface area is 173 Å². The molecule has 4 rings (SSSR count). The third-order valence-corrected chi connectivity index (χ3v) is 5.61. The predicted octanol–water partition coefficient (Wildman–Crippen LogP) is 2.35. The zero-order valence-corrected chi connectivity index (χ0v) is 16.7. The molecule has 0 radical (unpaired) electrons. The Morgan fingerprint density at radius 3 is 2.10 bits per heavy atom. The number of hydrogen-bond acceptors (Lipinski definition) is 4. The first-order valence-corrected chi connectivity index (χ1v) is 9.90. The first kappa shape index (κ1) is 19.8. The molecule has 1 amide bonds. The fraction of sp³-hybridized carbons (Fsp3) is 0.261. The predicted molar refractivity (Wildman–Crippen MR) is 114 cm³/mol. The minimum absolute atomic E-state index is 0.0350. The van der Waals surface area contributed by atoms with E-state index < -0.39 is 5.97 Å². The van der Waals surface area contributed by atoms with Crippen molar-refractivity contribution in [3.63, 3.8) is 0 Å². The average Bonchev–Trinajstić information content (AvgIpc) is 2.75. The monoisotopic (exact) mass is 405 g/mol. The Balaban J connectivity index is 1.88. The first-order chi connectivity index (χ1) is 14.5. The summed E-state index contributed by atoms with van der Waals surface area (Å²) in [6.45, 7) is 4.27. The highest BCUT2D eigenvalue weighted by Gasteiger charge is 2.26. The molecule has 2 aromatic carbocycles. The van der Waals surface area contributed by atoms with E-state index in [1.165, 1.54) is 4.57 Å². The average molecular weight is 405 g/mol. The summed E-state index contributed by atoms with van der Waals surface area (Å²) in [5.74, 6) is -1.03. The number of hydrogen-bond donors (Lipinski definition) is 1. The molecule has 30 heavy (non-hydrogen) atoms. The summed E-state index contributed by atoms with van der Waals surface area (Å²) >= 11 is 0. The van der Waals surface area contributed by atoms with Crippen LogP contribution in [0.15, 0.2) is 59.4 Å². The van der Waals surface area contributed by atoms with Crippen LogP contribution in [0.25, 0.3) is 16.5 Å². The standard InChI is InChI=1S/C23H23N3O4/c1-16(27)25-13-11-24(12-14-25)15-20-21(23(29)30)18-9-5-6-10-19(18)22(28)26(20)17-7-3-2-4-8-17/h2-10H,11-15H2,1H3,(H,29,30). The third-order valence-electron chi connectivity index (χ3n) is 5.61. The zero-order chi connectivity index (χ0) is 21.3. The lowest BCUT2D eigenvalue weighted by Crippen LogP contribution is -2.48. The molecule has 7 heteroatoms. The lowest BCUT2D eigenvalue weighted by atomic mass is 10.0. The van der Waals surface area contributed by atoms with Gasteiger partial charge in [-0.3, -0.25) is 19.1 Å². The van der Waals surface area contributed by atoms with Crippen molar-refractivity contribution < 1.29 is 14.7 Å². The van der Waals surface area contributed by atoms with Gasteiger partial charge in [0.05, 0.1) is 11.3 Å². The van der Waals surface area contributed by atoms with Crippen LogP contribution in [0.3, 0.4) is 0 Å². The Hall–Kier alpha value is -3.45. The van der Waals surface area contributed by atoms with Crippen molar-refractivity contribution in [3.05, 3.63) is 76.2 Å². The number of carboxylic acid groups (broad SMARTS) is 1. The second-order valence-corrected chi connectivity index (χ2v) is 7.43. The number of para-hydroxylation sites is 1. The molecule has 154 valence electrons. The van der Waals surface area contributed by atoms with Crippen molar-refractivity contribution in [2.75, 3.05) is 26.2 Å². The maximum Gasteiger partial charge on any atom is 0.338 e. The highest BCUT2D eigenvalue weighted by atomic mass is 16.4. The molecule has 0 bridgehead atoms. The molecule has 0 aliphatic carbocycles. The number of aromatic carboxylic acids is 1. The van der Waals surface area contributed by atoms with Crippen molar-refractivity contribution in [2.45, 2.75) is 13.5 Å². The molecule has 1 aromatic heterocycles. The van der Waals surface area contributed by atoms with Crippen molar-refractivity contribution in [1.82, 2.24) is 14.4 Å². The maximum absolute atomic E-state index is 13.4. The number of piperazine rings is 1. The van der Waals surface area contributed by atoms with E-state index in [0.717, 1.165) is 0 Å². The Bertz CT molecular complexity index is 1160. The molecule has 7 nitrogen and oxygen atoms in total. The van der Waals surface area contributed by atoms with Gasteiger partial charge in [0.25, 0.3) is 5.56 Å². The number of carbonyl (C=O) groups excluding carboxylic acids is 1. The van der Waals surface area contributed by atoms with E-state index >= 15 is 0 Å². The molecule has 1 aliphatic rings. The SMILES string of the molecule is CC(=O)N1CCN(Cc2c(C(=O)O)c3ccccc3c(=O)n2-c2ccccc2)CC1. The summed E-state index contributed by atoms with van der Waals surface area (Å²) in [6, 6.07) is 16.0. The van der Waals surface area contributed by atoms with Crippen LogP contribution < -0.4 is 5.56 Å². The summed E-state index contributed by atoms with van der Waals surface area (Å²) in [5.41, 5.74) is 0.990. The zero-order valence-electron chi connectivity index (χ0n) is 16.7. The van der Waals surface area contributed by atoms with Gasteiger partial charge < -0.3 is 10.0 Å². The summed E-state index contributed by atoms with van der Waals surface area (Å²) in [6.07, 6.45) is 0. The van der Waals surface area contributed by atoms with Gasteiger partial charge in [0, 0.05) is 56.1 Å². The molecule has 0 spiro atoms. The van der Waals surface area contributed by atoms with Crippen molar-refractivity contribution in [3.8, 4) is 5.69 Å². The molecule has 2 heterocycles. The number of aromatic nitrogens is 1. The number of amides is 1. The largest absolute Gasteiger partial charge is 0.478 e. The molecule has 3 aromatic rings. The van der Waals surface area contributed by atoms with Gasteiger partial charge in [0.1, 0.15) is 0 Å². The van der Waals surface area contributed by atoms with Crippen LogP contribution in [-0.4, -0.2) is 57.5 Å². The van der Waals surface area contributed by atoms with E-state index in [1.54, 1.807) is 48.2 Å². The van der Waals surface area contributed by atoms with E-state index in [9.17, 15) is 19.5 Å². The fourth-order valence-electron chi connectivity index (χ4n) is 4.07. The van der Waals surface area contributed by atoms with E-state index in [4.69, 9.17) is 0 Å². The van der Waals surface area contributed by atoms with Gasteiger partial charge in [-0.15, -0.1) is 0 Å². The summed E-state index contributed by atoms with van der Waals surface area (Å²) < 4.78 is 1.52. The molecule has 0 atom stereocenters. The molecule has 0 unspecified atom stereocenters. The van der Waals surface area contributed by atoms with E-state index in [0.29, 0.717) is 54.9 Å². The second-order valence-electron chi connectivity index (χ2n) is 7.43. The van der Waals surface area contributed by atoms with E-state index in [2.05, 4.69) is 4.90 Å². The summed E-state index contributed by atoms with van der Waals surface area (Å²) in [7, 11) is 0. The van der Waals surface area contributed by atoms with Gasteiger partial charge in [-0.1, -0.05) is 36.4 Å². The van der Waals surface area contributed by atoms with E-state index in [1.807, 2.05) is 18.2 Å². The normalized spacial score (nSPS) is 14.8. The Kier molecular flexibility index (Phi) is 5.37. The molecular weight excluding hydrogens is 382 g/mol. The number of nitrogens with zero attached hydrogens (tertiary/aromatic N) is 3. The quantitative estimate of drug-likeness (QED) is 0.721. The minimum atomic E-state index is -1.06. The number of carbonyl (C=O) groups is 2. The minimum Gasteiger partial charge on any atom is -0.478 e. The van der Waals surface area contributed by atoms with Crippen molar-refractivity contribution in [1.29, 1.82) is 0 Å². The summed E-state index contributed by atoms with van der Waals surface area (Å²) in [4.78, 5) is 41.2. The topological polar surface area (TPSA) is 82.9 Å². The number of fused-ring (bicyclic) bond motifs is 1. The lowest BCUT2D eigenvalue weighted by Gasteiger charge is -2.35. The van der Waals surface area contributed by atoms with E-state index in [-0.39, 0.29) is 17.0 Å². The van der Waals surface area contributed by atoms with Crippen molar-refractivity contribution >= 4 is 22.6 Å². The Morgan fingerprint density at radius 1 is 0.900 bits per heavy atom. The van der Waals surface area contributed by atoms with Crippen LogP contribution in [0.2, 0.25) is 0 Å². The van der Waals surface area contributed by atoms with Crippen LogP contribution in [-0.2, 0) is 11.3 Å². The van der Waals surface area contributed by atoms with Crippen LogP contribution >= 0.6 is 0 Å². The van der Waals surface area contributed by atoms with Crippen LogP contribution in [0, 0.1) is 0 Å². The molecule has 1 aliphatic heterocycles. The van der Waals surface area contributed by atoms with Crippen LogP contribution in [0.1, 0.15) is 23.0 Å². The number of rotatable bonds is 4. The third kappa shape index (κ3) is 3.59. The lowest BCUT2D eigenvalue weighted by molar-refractivity contribution is -0.130. The highest BCUT2D eigenvalue weighted by molar-refractivity contribution is 6.04. The highest BCUT2D eigenvalue weighted by Crippen LogP contribution is 2.24. The second kappa shape index (κ2) is 8.12. The van der Waals surface area contributed by atoms with Gasteiger partial charge >= 0.3 is 5.97 Å². The molecule has 1 N–H and O–H groups in total. The Morgan fingerprint density at radius 2 is 1.50 bits per heavy atom. The fourth-order valence-corrected chi connectivity index (χ4v) is 4.07. The van der Waals surface area contributed by atoms with Crippen LogP contribution in [0.4, 0.5) is 0 Å². The number of carboxylic acids is 1. The van der Waals surface area contributed by atoms with Gasteiger partial charge in [-0.2, -0.15) is 0 Å². The van der Waals surface area contributed by atoms with Gasteiger partial charge in [0.15, 0.2) is 0 Å². The first-order valence-electron chi connectivity index (χ1n) is 9.90. The smallest absolute Gasteiger partial charge is 0.338 e. The molecule has 1 fully saturated rings. The number of benzene rings is 2. The number of pyridine rings is 1. The molecule has 0 saturated carbocycles. The van der Waals surface area contributed by atoms with Gasteiger partial charge in [0.2, 0.25) is 5.91 Å². The molecule has 1 saturated heterocycles.